The van der Waals surface area contributed by atoms with Crippen LogP contribution in [0.2, 0.25) is 0 Å². The Balaban J connectivity index is 1.40. The largest absolute Gasteiger partial charge is 0.497 e. The minimum Gasteiger partial charge on any atom is -0.497 e. The molecule has 49 heavy (non-hydrogen) atoms. The van der Waals surface area contributed by atoms with E-state index in [2.05, 4.69) is 0 Å². The average Bonchev–Trinajstić information content (AvgIpc) is 3.13. The van der Waals surface area contributed by atoms with Gasteiger partial charge in [0.2, 0.25) is 10.0 Å². The van der Waals surface area contributed by atoms with E-state index in [9.17, 15) is 18.5 Å². The van der Waals surface area contributed by atoms with Crippen molar-refractivity contribution < 1.29 is 41.8 Å². The first-order valence-electron chi connectivity index (χ1n) is 15.2. The van der Waals surface area contributed by atoms with E-state index in [1.807, 2.05) is 12.1 Å². The Morgan fingerprint density at radius 1 is 0.878 bits per heavy atom. The number of hydrogen-bond acceptors (Lipinski definition) is 10. The maximum absolute atomic E-state index is 14.1. The molecular formula is C35H37ClN2O10S. The first-order chi connectivity index (χ1) is 23.5. The van der Waals surface area contributed by atoms with Crippen molar-refractivity contribution in [2.24, 2.45) is 0 Å². The summed E-state index contributed by atoms with van der Waals surface area (Å²) in [5.41, 5.74) is 3.30. The van der Waals surface area contributed by atoms with Gasteiger partial charge < -0.3 is 28.4 Å². The van der Waals surface area contributed by atoms with Gasteiger partial charge in [-0.3, -0.25) is 10.1 Å². The Labute approximate surface area is 290 Å². The van der Waals surface area contributed by atoms with Crippen LogP contribution in [-0.4, -0.2) is 59.3 Å². The fourth-order valence-corrected chi connectivity index (χ4v) is 7.07. The Morgan fingerprint density at radius 3 is 2.00 bits per heavy atom. The normalized spacial score (nSPS) is 14.7. The number of hydrogen-bond donors (Lipinski definition) is 0. The first kappa shape index (κ1) is 36.1. The summed E-state index contributed by atoms with van der Waals surface area (Å²) in [7, 11) is 1.73. The molecule has 0 unspecified atom stereocenters. The molecule has 14 heteroatoms. The molecule has 0 saturated carbocycles. The van der Waals surface area contributed by atoms with Gasteiger partial charge in [-0.1, -0.05) is 48.0 Å². The lowest BCUT2D eigenvalue weighted by Crippen LogP contribution is -2.30. The van der Waals surface area contributed by atoms with Crippen LogP contribution in [0.25, 0.3) is 0 Å². The molecule has 0 fully saturated rings. The van der Waals surface area contributed by atoms with E-state index in [-0.39, 0.29) is 30.3 Å². The summed E-state index contributed by atoms with van der Waals surface area (Å²) < 4.78 is 62.5. The Bertz CT molecular complexity index is 1820. The van der Waals surface area contributed by atoms with Gasteiger partial charge >= 0.3 is 5.69 Å². The van der Waals surface area contributed by atoms with Crippen LogP contribution in [-0.2, 0) is 49.0 Å². The van der Waals surface area contributed by atoms with Gasteiger partial charge in [0, 0.05) is 38.9 Å². The van der Waals surface area contributed by atoms with Gasteiger partial charge in [-0.15, -0.1) is 0 Å². The third-order valence-corrected chi connectivity index (χ3v) is 10.6. The van der Waals surface area contributed by atoms with Crippen molar-refractivity contribution in [3.63, 3.8) is 0 Å². The molecule has 1 heterocycles. The summed E-state index contributed by atoms with van der Waals surface area (Å²) in [6.45, 7) is 0.340. The minimum absolute atomic E-state index is 0.00412. The smallest absolute Gasteiger partial charge is 0.312 e. The van der Waals surface area contributed by atoms with Gasteiger partial charge in [-0.2, -0.15) is 4.31 Å². The molecule has 5 rings (SSSR count). The molecule has 1 atom stereocenters. The molecule has 4 aromatic rings. The van der Waals surface area contributed by atoms with Crippen LogP contribution in [0.3, 0.4) is 0 Å². The molecule has 0 saturated heterocycles. The number of ether oxygens (including phenoxy) is 6. The summed E-state index contributed by atoms with van der Waals surface area (Å²) >= 11 is 6.45. The third kappa shape index (κ3) is 8.15. The van der Waals surface area contributed by atoms with Crippen molar-refractivity contribution in [1.82, 2.24) is 4.31 Å². The Kier molecular flexibility index (Phi) is 11.4. The maximum atomic E-state index is 14.1. The summed E-state index contributed by atoms with van der Waals surface area (Å²) in [6, 6.07) is 23.1. The quantitative estimate of drug-likeness (QED) is 0.0595. The SMILES string of the molecule is COc1ccc(CN(Cc2ccc(OC)cc2)S(=O)(=O)c2ccc(OC[C@H]3OCCc4cc(C(Cl)(OC)OC)ccc43)c([N+](=O)[O-])c2)cc1. The molecule has 0 spiro atoms. The van der Waals surface area contributed by atoms with Crippen LogP contribution in [0.4, 0.5) is 5.69 Å². The van der Waals surface area contributed by atoms with E-state index >= 15 is 0 Å². The number of methoxy groups -OCH3 is 4. The minimum atomic E-state index is -4.24. The third-order valence-electron chi connectivity index (χ3n) is 8.24. The first-order valence-corrected chi connectivity index (χ1v) is 17.0. The fourth-order valence-electron chi connectivity index (χ4n) is 5.51. The number of nitro benzene ring substituents is 1. The van der Waals surface area contributed by atoms with Crippen molar-refractivity contribution in [2.75, 3.05) is 41.7 Å². The number of alkyl halides is 1. The van der Waals surface area contributed by atoms with E-state index in [4.69, 9.17) is 40.0 Å². The van der Waals surface area contributed by atoms with Crippen LogP contribution >= 0.6 is 11.6 Å². The number of nitro groups is 1. The fraction of sp³-hybridized carbons (Fsp3) is 0.314. The summed E-state index contributed by atoms with van der Waals surface area (Å²) in [6.07, 6.45) is 0.0659. The monoisotopic (exact) mass is 712 g/mol. The highest BCUT2D eigenvalue weighted by molar-refractivity contribution is 7.89. The molecule has 0 radical (unpaired) electrons. The number of fused-ring (bicyclic) bond motifs is 1. The van der Waals surface area contributed by atoms with E-state index in [1.165, 1.54) is 30.7 Å². The van der Waals surface area contributed by atoms with Crippen molar-refractivity contribution in [2.45, 2.75) is 35.8 Å². The summed E-state index contributed by atoms with van der Waals surface area (Å²) in [4.78, 5) is 11.3. The Morgan fingerprint density at radius 2 is 1.47 bits per heavy atom. The van der Waals surface area contributed by atoms with Crippen LogP contribution < -0.4 is 14.2 Å². The number of nitrogens with zero attached hydrogens (tertiary/aromatic N) is 2. The second kappa shape index (κ2) is 15.5. The average molecular weight is 713 g/mol. The lowest BCUT2D eigenvalue weighted by atomic mass is 9.95. The molecule has 1 aliphatic rings. The zero-order chi connectivity index (χ0) is 35.2. The molecule has 12 nitrogen and oxygen atoms in total. The van der Waals surface area contributed by atoms with Crippen LogP contribution in [0.15, 0.2) is 89.8 Å². The van der Waals surface area contributed by atoms with E-state index in [0.29, 0.717) is 41.2 Å². The highest BCUT2D eigenvalue weighted by Gasteiger charge is 2.33. The van der Waals surface area contributed by atoms with E-state index in [1.54, 1.807) is 68.8 Å². The maximum Gasteiger partial charge on any atom is 0.312 e. The summed E-state index contributed by atoms with van der Waals surface area (Å²) in [5, 5.41) is 10.8. The number of halogens is 1. The highest BCUT2D eigenvalue weighted by atomic mass is 35.5. The molecule has 260 valence electrons. The molecule has 0 amide bonds. The molecule has 0 aromatic heterocycles. The molecule has 0 N–H and O–H groups in total. The van der Waals surface area contributed by atoms with Gasteiger partial charge in [0.1, 0.15) is 24.2 Å². The number of benzene rings is 4. The lowest BCUT2D eigenvalue weighted by Gasteiger charge is -2.29. The van der Waals surface area contributed by atoms with Crippen LogP contribution in [0, 0.1) is 10.1 Å². The van der Waals surface area contributed by atoms with Crippen LogP contribution in [0.5, 0.6) is 17.2 Å². The van der Waals surface area contributed by atoms with Gasteiger partial charge in [-0.25, -0.2) is 8.42 Å². The number of sulfonamides is 1. The van der Waals surface area contributed by atoms with Gasteiger partial charge in [0.25, 0.3) is 5.25 Å². The highest BCUT2D eigenvalue weighted by Crippen LogP contribution is 2.37. The van der Waals surface area contributed by atoms with Crippen molar-refractivity contribution >= 4 is 27.3 Å². The van der Waals surface area contributed by atoms with Gasteiger partial charge in [-0.05, 0) is 71.1 Å². The lowest BCUT2D eigenvalue weighted by molar-refractivity contribution is -0.386. The standard InChI is InChI=1S/C35H37ClN2O10S/c1-43-28-10-5-24(6-11-28)21-37(22-25-7-12-29(44-2)13-8-25)49(41,42)30-14-16-33(32(20-30)38(39)40)48-23-34-31-15-9-27(35(36,45-3)46-4)19-26(31)17-18-47-34/h5-16,19-20,34H,17-18,21-23H2,1-4H3/t34-/m1/s1. The van der Waals surface area contributed by atoms with Crippen molar-refractivity contribution in [3.8, 4) is 17.2 Å². The molecule has 0 bridgehead atoms. The van der Waals surface area contributed by atoms with Gasteiger partial charge in [0.15, 0.2) is 5.75 Å². The Hall–Kier alpha value is -4.24. The predicted molar refractivity (Wildman–Crippen MR) is 181 cm³/mol. The molecule has 4 aromatic carbocycles. The second-order valence-corrected chi connectivity index (χ2v) is 13.6. The van der Waals surface area contributed by atoms with E-state index < -0.39 is 32.0 Å². The van der Waals surface area contributed by atoms with Crippen molar-refractivity contribution in [3.05, 3.63) is 123 Å². The molecule has 0 aliphatic carbocycles. The van der Waals surface area contributed by atoms with E-state index in [0.717, 1.165) is 17.2 Å². The zero-order valence-electron chi connectivity index (χ0n) is 27.5. The molecule has 1 aliphatic heterocycles. The topological polar surface area (TPSA) is 136 Å². The second-order valence-electron chi connectivity index (χ2n) is 11.1. The van der Waals surface area contributed by atoms with Gasteiger partial charge in [0.05, 0.1) is 30.6 Å². The van der Waals surface area contributed by atoms with Crippen molar-refractivity contribution in [1.29, 1.82) is 0 Å². The predicted octanol–water partition coefficient (Wildman–Crippen LogP) is 6.34. The summed E-state index contributed by atoms with van der Waals surface area (Å²) in [5.74, 6) is 1.16. The number of rotatable bonds is 15. The zero-order valence-corrected chi connectivity index (χ0v) is 29.0. The van der Waals surface area contributed by atoms with Crippen LogP contribution in [0.1, 0.15) is 33.9 Å². The molecular weight excluding hydrogens is 676 g/mol.